The Labute approximate surface area is 181 Å². The molecule has 31 heavy (non-hydrogen) atoms. The highest BCUT2D eigenvalue weighted by Crippen LogP contribution is 2.44. The van der Waals surface area contributed by atoms with Gasteiger partial charge in [-0.15, -0.1) is 0 Å². The third-order valence-corrected chi connectivity index (χ3v) is 5.43. The van der Waals surface area contributed by atoms with Crippen molar-refractivity contribution in [2.75, 3.05) is 13.2 Å². The third-order valence-electron chi connectivity index (χ3n) is 5.43. The summed E-state index contributed by atoms with van der Waals surface area (Å²) in [6, 6.07) is 15.1. The fraction of sp³-hybridized carbons (Fsp3) is 0.375. The molecule has 0 heterocycles. The van der Waals surface area contributed by atoms with E-state index < -0.39 is 24.0 Å². The van der Waals surface area contributed by atoms with Crippen LogP contribution >= 0.6 is 0 Å². The number of nitrogens with one attached hydrogen (secondary N) is 2. The van der Waals surface area contributed by atoms with Gasteiger partial charge in [0.2, 0.25) is 5.91 Å². The van der Waals surface area contributed by atoms with Crippen LogP contribution in [0, 0.1) is 0 Å². The maximum atomic E-state index is 12.5. The van der Waals surface area contributed by atoms with E-state index in [4.69, 9.17) is 9.84 Å². The molecule has 7 nitrogen and oxygen atoms in total. The largest absolute Gasteiger partial charge is 0.481 e. The SMILES string of the molecule is CCCCNC(=O)C(CCC(=O)O)NC(=O)OCC1c2ccccc2-c2ccccc21. The predicted octanol–water partition coefficient (Wildman–Crippen LogP) is 3.67. The average molecular weight is 424 g/mol. The molecule has 1 atom stereocenters. The summed E-state index contributed by atoms with van der Waals surface area (Å²) in [7, 11) is 0. The maximum absolute atomic E-state index is 12.5. The number of carbonyl (C=O) groups excluding carboxylic acids is 2. The Balaban J connectivity index is 1.63. The molecule has 2 aromatic carbocycles. The number of hydrogen-bond donors (Lipinski definition) is 3. The van der Waals surface area contributed by atoms with Gasteiger partial charge in [-0.05, 0) is 35.1 Å². The van der Waals surface area contributed by atoms with Crippen LogP contribution in [0.3, 0.4) is 0 Å². The molecule has 1 unspecified atom stereocenters. The van der Waals surface area contributed by atoms with E-state index >= 15 is 0 Å². The van der Waals surface area contributed by atoms with E-state index in [0.29, 0.717) is 6.54 Å². The first-order valence-corrected chi connectivity index (χ1v) is 10.6. The zero-order valence-electron chi connectivity index (χ0n) is 17.6. The van der Waals surface area contributed by atoms with Crippen molar-refractivity contribution in [2.45, 2.75) is 44.6 Å². The fourth-order valence-electron chi connectivity index (χ4n) is 3.83. The fourth-order valence-corrected chi connectivity index (χ4v) is 3.83. The molecule has 0 spiro atoms. The van der Waals surface area contributed by atoms with Gasteiger partial charge >= 0.3 is 12.1 Å². The molecule has 2 amide bonds. The molecule has 164 valence electrons. The Bertz CT molecular complexity index is 898. The van der Waals surface area contributed by atoms with Crippen molar-refractivity contribution < 1.29 is 24.2 Å². The molecule has 0 bridgehead atoms. The zero-order chi connectivity index (χ0) is 22.2. The molecule has 0 aromatic heterocycles. The average Bonchev–Trinajstić information content (AvgIpc) is 3.09. The molecule has 0 saturated carbocycles. The highest BCUT2D eigenvalue weighted by atomic mass is 16.5. The summed E-state index contributed by atoms with van der Waals surface area (Å²) in [5.74, 6) is -1.52. The highest BCUT2D eigenvalue weighted by molar-refractivity contribution is 5.86. The second kappa shape index (κ2) is 10.6. The summed E-state index contributed by atoms with van der Waals surface area (Å²) in [5, 5.41) is 14.2. The number of carbonyl (C=O) groups is 3. The van der Waals surface area contributed by atoms with Crippen LogP contribution in [0.25, 0.3) is 11.1 Å². The summed E-state index contributed by atoms with van der Waals surface area (Å²) in [6.45, 7) is 2.61. The predicted molar refractivity (Wildman–Crippen MR) is 117 cm³/mol. The van der Waals surface area contributed by atoms with Gasteiger partial charge < -0.3 is 20.5 Å². The van der Waals surface area contributed by atoms with E-state index in [0.717, 1.165) is 35.1 Å². The molecule has 3 N–H and O–H groups in total. The van der Waals surface area contributed by atoms with Crippen LogP contribution in [0.5, 0.6) is 0 Å². The Kier molecular flexibility index (Phi) is 7.65. The first-order chi connectivity index (χ1) is 15.0. The number of unbranched alkanes of at least 4 members (excludes halogenated alkanes) is 1. The van der Waals surface area contributed by atoms with Gasteiger partial charge in [-0.3, -0.25) is 9.59 Å². The second-order valence-electron chi connectivity index (χ2n) is 7.60. The topological polar surface area (TPSA) is 105 Å². The van der Waals surface area contributed by atoms with Gasteiger partial charge in [0.1, 0.15) is 12.6 Å². The third kappa shape index (κ3) is 5.63. The number of benzene rings is 2. The van der Waals surface area contributed by atoms with E-state index in [1.165, 1.54) is 0 Å². The Morgan fingerprint density at radius 2 is 1.65 bits per heavy atom. The van der Waals surface area contributed by atoms with Crippen molar-refractivity contribution in [2.24, 2.45) is 0 Å². The van der Waals surface area contributed by atoms with E-state index in [1.807, 2.05) is 43.3 Å². The number of carboxylic acid groups (broad SMARTS) is 1. The zero-order valence-corrected chi connectivity index (χ0v) is 17.6. The monoisotopic (exact) mass is 424 g/mol. The van der Waals surface area contributed by atoms with E-state index in [-0.39, 0.29) is 25.4 Å². The number of aliphatic carboxylic acids is 1. The number of fused-ring (bicyclic) bond motifs is 3. The van der Waals surface area contributed by atoms with Crippen LogP contribution < -0.4 is 10.6 Å². The Morgan fingerprint density at radius 3 is 2.23 bits per heavy atom. The summed E-state index contributed by atoms with van der Waals surface area (Å²) >= 11 is 0. The van der Waals surface area contributed by atoms with E-state index in [9.17, 15) is 14.4 Å². The lowest BCUT2D eigenvalue weighted by molar-refractivity contribution is -0.137. The van der Waals surface area contributed by atoms with E-state index in [2.05, 4.69) is 22.8 Å². The molecule has 3 rings (SSSR count). The van der Waals surface area contributed by atoms with Gasteiger partial charge in [0, 0.05) is 18.9 Å². The normalized spacial score (nSPS) is 13.1. The van der Waals surface area contributed by atoms with E-state index in [1.54, 1.807) is 0 Å². The van der Waals surface area contributed by atoms with Gasteiger partial charge in [0.05, 0.1) is 0 Å². The lowest BCUT2D eigenvalue weighted by atomic mass is 9.98. The quantitative estimate of drug-likeness (QED) is 0.505. The summed E-state index contributed by atoms with van der Waals surface area (Å²) < 4.78 is 5.48. The van der Waals surface area contributed by atoms with Crippen molar-refractivity contribution in [3.63, 3.8) is 0 Å². The lowest BCUT2D eigenvalue weighted by Crippen LogP contribution is -2.47. The maximum Gasteiger partial charge on any atom is 0.407 e. The minimum atomic E-state index is -1.03. The van der Waals surface area contributed by atoms with Crippen LogP contribution in [0.2, 0.25) is 0 Å². The molecule has 0 radical (unpaired) electrons. The van der Waals surface area contributed by atoms with Gasteiger partial charge in [-0.1, -0.05) is 61.9 Å². The minimum Gasteiger partial charge on any atom is -0.481 e. The van der Waals surface area contributed by atoms with Crippen molar-refractivity contribution >= 4 is 18.0 Å². The number of ether oxygens (including phenoxy) is 1. The second-order valence-corrected chi connectivity index (χ2v) is 7.60. The number of carboxylic acids is 1. The van der Waals surface area contributed by atoms with Gasteiger partial charge in [0.25, 0.3) is 0 Å². The van der Waals surface area contributed by atoms with Crippen molar-refractivity contribution in [1.82, 2.24) is 10.6 Å². The summed E-state index contributed by atoms with van der Waals surface area (Å²) in [6.07, 6.45) is 0.762. The molecular formula is C24H28N2O5. The van der Waals surface area contributed by atoms with Gasteiger partial charge in [-0.25, -0.2) is 4.79 Å². The first kappa shape index (κ1) is 22.3. The first-order valence-electron chi connectivity index (χ1n) is 10.6. The Hall–Kier alpha value is -3.35. The standard InChI is InChI=1S/C24H28N2O5/c1-2-3-14-25-23(29)21(12-13-22(27)28)26-24(30)31-15-20-18-10-6-4-8-16(18)17-9-5-7-11-19(17)20/h4-11,20-21H,2-3,12-15H2,1H3,(H,25,29)(H,26,30)(H,27,28). The van der Waals surface area contributed by atoms with Crippen LogP contribution in [-0.2, 0) is 14.3 Å². The Morgan fingerprint density at radius 1 is 1.03 bits per heavy atom. The number of hydrogen-bond acceptors (Lipinski definition) is 4. The van der Waals surface area contributed by atoms with Crippen LogP contribution in [0.4, 0.5) is 4.79 Å². The molecular weight excluding hydrogens is 396 g/mol. The molecule has 0 saturated heterocycles. The van der Waals surface area contributed by atoms with Crippen molar-refractivity contribution in [3.05, 3.63) is 59.7 Å². The molecule has 1 aliphatic rings. The molecule has 0 fully saturated rings. The minimum absolute atomic E-state index is 0.00249. The summed E-state index contributed by atoms with van der Waals surface area (Å²) in [5.41, 5.74) is 4.44. The molecule has 7 heteroatoms. The molecule has 0 aliphatic heterocycles. The summed E-state index contributed by atoms with van der Waals surface area (Å²) in [4.78, 5) is 35.8. The number of alkyl carbamates (subject to hydrolysis) is 1. The van der Waals surface area contributed by atoms with Gasteiger partial charge in [0.15, 0.2) is 0 Å². The highest BCUT2D eigenvalue weighted by Gasteiger charge is 2.29. The van der Waals surface area contributed by atoms with Crippen LogP contribution in [0.15, 0.2) is 48.5 Å². The molecule has 2 aromatic rings. The van der Waals surface area contributed by atoms with Crippen LogP contribution in [0.1, 0.15) is 49.7 Å². The van der Waals surface area contributed by atoms with Gasteiger partial charge in [-0.2, -0.15) is 0 Å². The lowest BCUT2D eigenvalue weighted by Gasteiger charge is -2.19. The van der Waals surface area contributed by atoms with Crippen molar-refractivity contribution in [1.29, 1.82) is 0 Å². The number of amides is 2. The van der Waals surface area contributed by atoms with Crippen LogP contribution in [-0.4, -0.2) is 42.3 Å². The van der Waals surface area contributed by atoms with Crippen molar-refractivity contribution in [3.8, 4) is 11.1 Å². The number of rotatable bonds is 10. The molecule has 1 aliphatic carbocycles. The smallest absolute Gasteiger partial charge is 0.407 e.